The number of aliphatic imine (C=N–C) groups is 1. The third-order valence-corrected chi connectivity index (χ3v) is 4.13. The normalized spacial score (nSPS) is 27.6. The van der Waals surface area contributed by atoms with Crippen LogP contribution in [0.2, 0.25) is 0 Å². The van der Waals surface area contributed by atoms with Crippen molar-refractivity contribution in [3.8, 4) is 5.75 Å². The Kier molecular flexibility index (Phi) is 3.08. The highest BCUT2D eigenvalue weighted by atomic mass is 16.3. The van der Waals surface area contributed by atoms with Gasteiger partial charge in [0, 0.05) is 12.1 Å². The van der Waals surface area contributed by atoms with Crippen LogP contribution in [0.1, 0.15) is 38.3 Å². The number of rotatable bonds is 1. The lowest BCUT2D eigenvalue weighted by molar-refractivity contribution is -0.124. The van der Waals surface area contributed by atoms with Crippen molar-refractivity contribution >= 4 is 17.5 Å². The van der Waals surface area contributed by atoms with Crippen LogP contribution in [-0.2, 0) is 4.79 Å². The molecule has 2 atom stereocenters. The largest absolute Gasteiger partial charge is 0.508 e. The molecule has 0 spiro atoms. The van der Waals surface area contributed by atoms with Crippen LogP contribution in [0, 0.1) is 11.3 Å². The van der Waals surface area contributed by atoms with E-state index in [1.807, 2.05) is 13.8 Å². The zero-order valence-electron chi connectivity index (χ0n) is 12.1. The monoisotopic (exact) mass is 286 g/mol. The molecule has 1 aliphatic carbocycles. The van der Waals surface area contributed by atoms with Gasteiger partial charge in [0.25, 0.3) is 0 Å². The topological polar surface area (TPSA) is 78.8 Å². The Morgan fingerprint density at radius 3 is 2.52 bits per heavy atom. The predicted octanol–water partition coefficient (Wildman–Crippen LogP) is 2.60. The zero-order chi connectivity index (χ0) is 15.2. The fourth-order valence-electron chi connectivity index (χ4n) is 3.25. The summed E-state index contributed by atoms with van der Waals surface area (Å²) in [6.45, 7) is 4.04. The van der Waals surface area contributed by atoms with Crippen molar-refractivity contribution in [3.63, 3.8) is 0 Å². The molecular weight excluding hydrogens is 268 g/mol. The molecule has 2 unspecified atom stereocenters. The van der Waals surface area contributed by atoms with Crippen molar-refractivity contribution in [2.45, 2.75) is 32.7 Å². The van der Waals surface area contributed by atoms with Crippen LogP contribution in [0.4, 0.5) is 4.79 Å². The summed E-state index contributed by atoms with van der Waals surface area (Å²) in [6.07, 6.45) is 1.15. The van der Waals surface area contributed by atoms with Gasteiger partial charge in [-0.2, -0.15) is 0 Å². The fraction of sp³-hybridized carbons (Fsp3) is 0.438. The Labute approximate surface area is 123 Å². The first-order chi connectivity index (χ1) is 9.85. The van der Waals surface area contributed by atoms with Crippen LogP contribution in [-0.4, -0.2) is 22.6 Å². The highest BCUT2D eigenvalue weighted by Crippen LogP contribution is 2.41. The van der Waals surface area contributed by atoms with Gasteiger partial charge >= 0.3 is 6.03 Å². The number of nitrogens with one attached hydrogen (secondary N) is 1. The average Bonchev–Trinajstić information content (AvgIpc) is 2.36. The van der Waals surface area contributed by atoms with Gasteiger partial charge in [-0.25, -0.2) is 9.79 Å². The van der Waals surface area contributed by atoms with Crippen LogP contribution >= 0.6 is 0 Å². The van der Waals surface area contributed by atoms with Gasteiger partial charge in [0.1, 0.15) is 11.5 Å². The lowest BCUT2D eigenvalue weighted by atomic mass is 9.67. The van der Waals surface area contributed by atoms with E-state index in [-0.39, 0.29) is 22.9 Å². The number of ketones is 1. The summed E-state index contributed by atoms with van der Waals surface area (Å²) in [5.41, 5.74) is 1.34. The van der Waals surface area contributed by atoms with Crippen LogP contribution in [0.3, 0.4) is 0 Å². The molecule has 5 nitrogen and oxygen atoms in total. The molecule has 0 radical (unpaired) electrons. The Morgan fingerprint density at radius 1 is 1.19 bits per heavy atom. The Balaban J connectivity index is 2.00. The van der Waals surface area contributed by atoms with Gasteiger partial charge in [-0.3, -0.25) is 4.79 Å². The maximum Gasteiger partial charge on any atom is 0.341 e. The Bertz CT molecular complexity index is 631. The summed E-state index contributed by atoms with van der Waals surface area (Å²) in [5, 5.41) is 12.2. The predicted molar refractivity (Wildman–Crippen MR) is 78.3 cm³/mol. The number of carbonyl (C=O) groups excluding carboxylic acids is 2. The maximum absolute atomic E-state index is 12.5. The van der Waals surface area contributed by atoms with Crippen LogP contribution in [0.15, 0.2) is 29.3 Å². The SMILES string of the molecule is CC1(C)CC(=O)C2C(=NC(=O)NC2c2ccc(O)cc2)C1. The number of phenolic OH excluding ortho intramolecular Hbond substituents is 1. The number of carbonyl (C=O) groups is 2. The summed E-state index contributed by atoms with van der Waals surface area (Å²) < 4.78 is 0. The first-order valence-electron chi connectivity index (χ1n) is 7.05. The lowest BCUT2D eigenvalue weighted by Crippen LogP contribution is -2.49. The van der Waals surface area contributed by atoms with Crippen LogP contribution < -0.4 is 5.32 Å². The number of aromatic hydroxyl groups is 1. The molecule has 1 saturated carbocycles. The molecule has 1 aromatic rings. The highest BCUT2D eigenvalue weighted by Gasteiger charge is 2.45. The van der Waals surface area contributed by atoms with Crippen LogP contribution in [0.25, 0.3) is 0 Å². The highest BCUT2D eigenvalue weighted by molar-refractivity contribution is 6.13. The van der Waals surface area contributed by atoms with Crippen molar-refractivity contribution in [3.05, 3.63) is 29.8 Å². The smallest absolute Gasteiger partial charge is 0.341 e. The summed E-state index contributed by atoms with van der Waals surface area (Å²) in [4.78, 5) is 28.4. The number of hydrogen-bond donors (Lipinski definition) is 2. The molecule has 0 saturated heterocycles. The van der Waals surface area contributed by atoms with Gasteiger partial charge in [-0.05, 0) is 29.5 Å². The first-order valence-corrected chi connectivity index (χ1v) is 7.05. The van der Waals surface area contributed by atoms with E-state index in [1.54, 1.807) is 24.3 Å². The van der Waals surface area contributed by atoms with Gasteiger partial charge in [0.2, 0.25) is 0 Å². The first kappa shape index (κ1) is 13.8. The lowest BCUT2D eigenvalue weighted by Gasteiger charge is -2.40. The van der Waals surface area contributed by atoms with Gasteiger partial charge in [0.15, 0.2) is 0 Å². The summed E-state index contributed by atoms with van der Waals surface area (Å²) in [6, 6.07) is 5.79. The number of phenols is 1. The minimum absolute atomic E-state index is 0.114. The molecule has 2 N–H and O–H groups in total. The number of hydrogen-bond acceptors (Lipinski definition) is 3. The molecule has 1 aliphatic heterocycles. The average molecular weight is 286 g/mol. The number of amides is 2. The van der Waals surface area contributed by atoms with E-state index in [1.165, 1.54) is 0 Å². The molecule has 1 aromatic carbocycles. The molecule has 1 heterocycles. The van der Waals surface area contributed by atoms with E-state index in [2.05, 4.69) is 10.3 Å². The zero-order valence-corrected chi connectivity index (χ0v) is 12.1. The number of Topliss-reactive ketones (excluding diaryl/α,β-unsaturated/α-hetero) is 1. The molecule has 2 amide bonds. The number of urea groups is 1. The quantitative estimate of drug-likeness (QED) is 0.833. The van der Waals surface area contributed by atoms with E-state index < -0.39 is 12.1 Å². The minimum atomic E-state index is -0.398. The third-order valence-electron chi connectivity index (χ3n) is 4.13. The van der Waals surface area contributed by atoms with Crippen molar-refractivity contribution in [2.75, 3.05) is 0 Å². The number of benzene rings is 1. The van der Waals surface area contributed by atoms with Crippen molar-refractivity contribution in [1.29, 1.82) is 0 Å². The molecule has 3 rings (SSSR count). The van der Waals surface area contributed by atoms with Gasteiger partial charge in [0.05, 0.1) is 12.0 Å². The van der Waals surface area contributed by atoms with Crippen molar-refractivity contribution < 1.29 is 14.7 Å². The van der Waals surface area contributed by atoms with Crippen molar-refractivity contribution in [1.82, 2.24) is 5.32 Å². The van der Waals surface area contributed by atoms with Gasteiger partial charge in [-0.15, -0.1) is 0 Å². The van der Waals surface area contributed by atoms with Gasteiger partial charge < -0.3 is 10.4 Å². The van der Waals surface area contributed by atoms with Crippen LogP contribution in [0.5, 0.6) is 5.75 Å². The Morgan fingerprint density at radius 2 is 1.86 bits per heavy atom. The molecule has 2 aliphatic rings. The fourth-order valence-corrected chi connectivity index (χ4v) is 3.25. The molecule has 110 valence electrons. The molecule has 21 heavy (non-hydrogen) atoms. The summed E-state index contributed by atoms with van der Waals surface area (Å²) in [5.74, 6) is -0.116. The molecule has 0 aromatic heterocycles. The number of fused-ring (bicyclic) bond motifs is 1. The second-order valence-electron chi connectivity index (χ2n) is 6.58. The van der Waals surface area contributed by atoms with E-state index in [0.29, 0.717) is 18.6 Å². The van der Waals surface area contributed by atoms with Crippen molar-refractivity contribution in [2.24, 2.45) is 16.3 Å². The van der Waals surface area contributed by atoms with Gasteiger partial charge in [-0.1, -0.05) is 26.0 Å². The summed E-state index contributed by atoms with van der Waals surface area (Å²) in [7, 11) is 0. The number of nitrogens with zero attached hydrogens (tertiary/aromatic N) is 1. The minimum Gasteiger partial charge on any atom is -0.508 e. The third kappa shape index (κ3) is 2.55. The van der Waals surface area contributed by atoms with E-state index in [4.69, 9.17) is 0 Å². The van der Waals surface area contributed by atoms with E-state index in [9.17, 15) is 14.7 Å². The molecule has 1 fully saturated rings. The second-order valence-corrected chi connectivity index (χ2v) is 6.58. The Hall–Kier alpha value is -2.17. The van der Waals surface area contributed by atoms with E-state index >= 15 is 0 Å². The second kappa shape index (κ2) is 4.69. The molecular formula is C16H18N2O3. The maximum atomic E-state index is 12.5. The standard InChI is InChI=1S/C16H18N2O3/c1-16(2)7-11-13(12(20)8-16)14(18-15(21)17-11)9-3-5-10(19)6-4-9/h3-6,13-14,19H,7-8H2,1-2H3,(H,18,21). The molecule has 5 heteroatoms. The summed E-state index contributed by atoms with van der Waals surface area (Å²) >= 11 is 0. The molecule has 0 bridgehead atoms. The van der Waals surface area contributed by atoms with E-state index in [0.717, 1.165) is 5.56 Å².